The molecule has 0 bridgehead atoms. The number of amidine groups is 1. The summed E-state index contributed by atoms with van der Waals surface area (Å²) in [5.41, 5.74) is 8.56. The third-order valence-electron chi connectivity index (χ3n) is 3.63. The van der Waals surface area contributed by atoms with E-state index in [9.17, 15) is 0 Å². The highest BCUT2D eigenvalue weighted by Gasteiger charge is 2.26. The number of fused-ring (bicyclic) bond motifs is 1. The first-order chi connectivity index (χ1) is 9.18. The molecule has 0 fully saturated rings. The highest BCUT2D eigenvalue weighted by atomic mass is 32.1. The van der Waals surface area contributed by atoms with E-state index >= 15 is 0 Å². The summed E-state index contributed by atoms with van der Waals surface area (Å²) in [6.07, 6.45) is 2.73. The molecule has 4 nitrogen and oxygen atoms in total. The van der Waals surface area contributed by atoms with Crippen LogP contribution in [-0.4, -0.2) is 17.4 Å². The Labute approximate surface area is 116 Å². The SMILES string of the molecule is CC1c2ccsc2CCN1c1cccnc1C(=N)N. The maximum atomic E-state index is 7.67. The summed E-state index contributed by atoms with van der Waals surface area (Å²) in [5.74, 6) is 0.0268. The van der Waals surface area contributed by atoms with Crippen molar-refractivity contribution in [2.24, 2.45) is 5.73 Å². The van der Waals surface area contributed by atoms with Crippen molar-refractivity contribution >= 4 is 22.9 Å². The Bertz CT molecular complexity index is 619. The zero-order valence-electron chi connectivity index (χ0n) is 10.8. The number of nitrogens with one attached hydrogen (secondary N) is 1. The molecule has 0 amide bonds. The molecular formula is C14H16N4S. The van der Waals surface area contributed by atoms with Gasteiger partial charge in [0.25, 0.3) is 0 Å². The smallest absolute Gasteiger partial charge is 0.143 e. The summed E-state index contributed by atoms with van der Waals surface area (Å²) in [5, 5.41) is 9.82. The number of nitrogen functional groups attached to an aromatic ring is 1. The van der Waals surface area contributed by atoms with Crippen LogP contribution in [0.25, 0.3) is 0 Å². The summed E-state index contributed by atoms with van der Waals surface area (Å²) in [7, 11) is 0. The Balaban J connectivity index is 2.03. The Morgan fingerprint density at radius 2 is 2.37 bits per heavy atom. The number of nitrogens with zero attached hydrogens (tertiary/aromatic N) is 2. The van der Waals surface area contributed by atoms with Gasteiger partial charge in [-0.3, -0.25) is 10.4 Å². The Morgan fingerprint density at radius 3 is 3.16 bits per heavy atom. The van der Waals surface area contributed by atoms with Crippen LogP contribution in [0.15, 0.2) is 29.8 Å². The van der Waals surface area contributed by atoms with Crippen LogP contribution in [0.5, 0.6) is 0 Å². The number of nitrogens with two attached hydrogens (primary N) is 1. The lowest BCUT2D eigenvalue weighted by Gasteiger charge is -2.36. The van der Waals surface area contributed by atoms with Crippen molar-refractivity contribution < 1.29 is 0 Å². The molecule has 2 aromatic heterocycles. The van der Waals surface area contributed by atoms with Crippen LogP contribution in [-0.2, 0) is 6.42 Å². The summed E-state index contributed by atoms with van der Waals surface area (Å²) in [6.45, 7) is 3.14. The van der Waals surface area contributed by atoms with E-state index in [1.54, 1.807) is 6.20 Å². The lowest BCUT2D eigenvalue weighted by atomic mass is 10.0. The summed E-state index contributed by atoms with van der Waals surface area (Å²) < 4.78 is 0. The van der Waals surface area contributed by atoms with Crippen LogP contribution in [0.4, 0.5) is 5.69 Å². The normalized spacial score (nSPS) is 18.2. The molecule has 0 saturated heterocycles. The monoisotopic (exact) mass is 272 g/mol. The Hall–Kier alpha value is -1.88. The minimum atomic E-state index is 0.0268. The number of pyridine rings is 1. The number of hydrogen-bond acceptors (Lipinski definition) is 4. The molecular weight excluding hydrogens is 256 g/mol. The predicted molar refractivity (Wildman–Crippen MR) is 79.0 cm³/mol. The molecule has 3 N–H and O–H groups in total. The Kier molecular flexibility index (Phi) is 2.98. The molecule has 0 radical (unpaired) electrons. The number of aromatic nitrogens is 1. The third kappa shape index (κ3) is 2.00. The molecule has 98 valence electrons. The van der Waals surface area contributed by atoms with E-state index in [-0.39, 0.29) is 5.84 Å². The van der Waals surface area contributed by atoms with E-state index in [4.69, 9.17) is 11.1 Å². The summed E-state index contributed by atoms with van der Waals surface area (Å²) in [4.78, 5) is 8.00. The quantitative estimate of drug-likeness (QED) is 0.652. The van der Waals surface area contributed by atoms with Gasteiger partial charge < -0.3 is 10.6 Å². The first kappa shape index (κ1) is 12.2. The molecule has 0 aliphatic carbocycles. The van der Waals surface area contributed by atoms with Gasteiger partial charge in [-0.05, 0) is 42.5 Å². The van der Waals surface area contributed by atoms with E-state index in [1.807, 2.05) is 23.5 Å². The standard InChI is InChI=1S/C14H16N4S/c1-9-10-5-8-19-12(10)4-7-18(9)11-3-2-6-17-13(11)14(15)16/h2-3,5-6,8-9H,4,7H2,1H3,(H3,15,16). The molecule has 1 aliphatic rings. The van der Waals surface area contributed by atoms with Crippen molar-refractivity contribution in [2.75, 3.05) is 11.4 Å². The molecule has 3 heterocycles. The lowest BCUT2D eigenvalue weighted by Crippen LogP contribution is -2.35. The fraction of sp³-hybridized carbons (Fsp3) is 0.286. The van der Waals surface area contributed by atoms with Crippen molar-refractivity contribution in [1.29, 1.82) is 5.41 Å². The molecule has 5 heteroatoms. The molecule has 1 aliphatic heterocycles. The molecule has 0 spiro atoms. The molecule has 19 heavy (non-hydrogen) atoms. The second-order valence-corrected chi connectivity index (χ2v) is 5.70. The number of anilines is 1. The summed E-state index contributed by atoms with van der Waals surface area (Å²) in [6, 6.07) is 6.40. The molecule has 1 unspecified atom stereocenters. The topological polar surface area (TPSA) is 66.0 Å². The van der Waals surface area contributed by atoms with Crippen LogP contribution in [0.3, 0.4) is 0 Å². The van der Waals surface area contributed by atoms with Gasteiger partial charge in [-0.25, -0.2) is 0 Å². The fourth-order valence-electron chi connectivity index (χ4n) is 2.67. The van der Waals surface area contributed by atoms with E-state index in [2.05, 4.69) is 28.3 Å². The predicted octanol–water partition coefficient (Wildman–Crippen LogP) is 2.55. The zero-order valence-corrected chi connectivity index (χ0v) is 11.6. The van der Waals surface area contributed by atoms with Crippen molar-refractivity contribution in [3.63, 3.8) is 0 Å². The fourth-order valence-corrected chi connectivity index (χ4v) is 3.64. The highest BCUT2D eigenvalue weighted by molar-refractivity contribution is 7.10. The molecule has 2 aromatic rings. The third-order valence-corrected chi connectivity index (χ3v) is 4.62. The zero-order chi connectivity index (χ0) is 13.4. The first-order valence-corrected chi connectivity index (χ1v) is 7.18. The lowest BCUT2D eigenvalue weighted by molar-refractivity contribution is 0.631. The van der Waals surface area contributed by atoms with Gasteiger partial charge in [0, 0.05) is 17.6 Å². The van der Waals surface area contributed by atoms with Crippen LogP contribution in [0.1, 0.15) is 29.1 Å². The second kappa shape index (κ2) is 4.66. The van der Waals surface area contributed by atoms with Crippen LogP contribution < -0.4 is 10.6 Å². The number of hydrogen-bond donors (Lipinski definition) is 2. The minimum Gasteiger partial charge on any atom is -0.382 e. The van der Waals surface area contributed by atoms with Crippen molar-refractivity contribution in [2.45, 2.75) is 19.4 Å². The number of rotatable bonds is 2. The average molecular weight is 272 g/mol. The van der Waals surface area contributed by atoms with Gasteiger partial charge in [0.15, 0.2) is 0 Å². The summed E-state index contributed by atoms with van der Waals surface area (Å²) >= 11 is 1.83. The van der Waals surface area contributed by atoms with Gasteiger partial charge in [0.1, 0.15) is 11.5 Å². The molecule has 0 aromatic carbocycles. The highest BCUT2D eigenvalue weighted by Crippen LogP contribution is 2.36. The molecule has 3 rings (SSSR count). The first-order valence-electron chi connectivity index (χ1n) is 6.31. The van der Waals surface area contributed by atoms with Crippen molar-refractivity contribution in [3.05, 3.63) is 45.9 Å². The molecule has 1 atom stereocenters. The van der Waals surface area contributed by atoms with Gasteiger partial charge in [-0.1, -0.05) is 0 Å². The van der Waals surface area contributed by atoms with E-state index in [0.29, 0.717) is 11.7 Å². The molecule has 0 saturated carbocycles. The minimum absolute atomic E-state index is 0.0268. The van der Waals surface area contributed by atoms with Gasteiger partial charge in [-0.2, -0.15) is 0 Å². The van der Waals surface area contributed by atoms with Gasteiger partial charge in [0.2, 0.25) is 0 Å². The van der Waals surface area contributed by atoms with E-state index < -0.39 is 0 Å². The number of thiophene rings is 1. The second-order valence-electron chi connectivity index (χ2n) is 4.70. The van der Waals surface area contributed by atoms with Crippen LogP contribution in [0.2, 0.25) is 0 Å². The maximum absolute atomic E-state index is 7.67. The van der Waals surface area contributed by atoms with E-state index in [0.717, 1.165) is 18.7 Å². The van der Waals surface area contributed by atoms with Gasteiger partial charge in [0.05, 0.1) is 11.7 Å². The average Bonchev–Trinajstić information content (AvgIpc) is 2.88. The van der Waals surface area contributed by atoms with Crippen LogP contribution >= 0.6 is 11.3 Å². The van der Waals surface area contributed by atoms with Crippen molar-refractivity contribution in [1.82, 2.24) is 4.98 Å². The Morgan fingerprint density at radius 1 is 1.53 bits per heavy atom. The largest absolute Gasteiger partial charge is 0.382 e. The van der Waals surface area contributed by atoms with E-state index in [1.165, 1.54) is 10.4 Å². The van der Waals surface area contributed by atoms with Crippen molar-refractivity contribution in [3.8, 4) is 0 Å². The van der Waals surface area contributed by atoms with Crippen LogP contribution in [0, 0.1) is 5.41 Å². The van der Waals surface area contributed by atoms with Gasteiger partial charge >= 0.3 is 0 Å². The maximum Gasteiger partial charge on any atom is 0.143 e. The van der Waals surface area contributed by atoms with Gasteiger partial charge in [-0.15, -0.1) is 11.3 Å².